The van der Waals surface area contributed by atoms with Gasteiger partial charge in [-0.25, -0.2) is 9.78 Å². The molecule has 1 heterocycles. The molecule has 2 rings (SSSR count). The van der Waals surface area contributed by atoms with Crippen LogP contribution in [0.25, 0.3) is 0 Å². The molecule has 98 valence electrons. The average Bonchev–Trinajstić information content (AvgIpc) is 2.93. The van der Waals surface area contributed by atoms with Gasteiger partial charge in [-0.15, -0.1) is 0 Å². The van der Waals surface area contributed by atoms with E-state index in [0.717, 1.165) is 12.0 Å². The van der Waals surface area contributed by atoms with Crippen LogP contribution in [0, 0.1) is 0 Å². The number of oxazole rings is 1. The van der Waals surface area contributed by atoms with Crippen LogP contribution in [0.4, 0.5) is 0 Å². The quantitative estimate of drug-likeness (QED) is 0.839. The molecule has 1 unspecified atom stereocenters. The van der Waals surface area contributed by atoms with Crippen LogP contribution >= 0.6 is 0 Å². The van der Waals surface area contributed by atoms with Crippen molar-refractivity contribution in [3.63, 3.8) is 0 Å². The topological polar surface area (TPSA) is 92.4 Å². The number of hydrogen-bond donors (Lipinski definition) is 2. The first-order chi connectivity index (χ1) is 9.16. The van der Waals surface area contributed by atoms with Crippen LogP contribution in [0.5, 0.6) is 0 Å². The minimum Gasteiger partial charge on any atom is -0.480 e. The molecule has 1 aromatic heterocycles. The van der Waals surface area contributed by atoms with Crippen molar-refractivity contribution in [1.29, 1.82) is 0 Å². The third-order valence-corrected chi connectivity index (χ3v) is 2.54. The van der Waals surface area contributed by atoms with Crippen LogP contribution in [-0.4, -0.2) is 28.0 Å². The zero-order valence-electron chi connectivity index (χ0n) is 9.95. The number of nitrogens with zero attached hydrogens (tertiary/aromatic N) is 1. The summed E-state index contributed by atoms with van der Waals surface area (Å²) < 4.78 is 4.81. The SMILES string of the molecule is O=C(NC(Cc1ccccc1)C(=O)O)c1cnco1. The molecule has 0 aliphatic carbocycles. The molecule has 0 spiro atoms. The van der Waals surface area contributed by atoms with E-state index in [2.05, 4.69) is 10.3 Å². The summed E-state index contributed by atoms with van der Waals surface area (Å²) in [5, 5.41) is 11.5. The summed E-state index contributed by atoms with van der Waals surface area (Å²) in [6.07, 6.45) is 2.55. The van der Waals surface area contributed by atoms with Crippen molar-refractivity contribution in [1.82, 2.24) is 10.3 Å². The Labute approximate surface area is 109 Å². The number of rotatable bonds is 5. The van der Waals surface area contributed by atoms with Gasteiger partial charge in [-0.05, 0) is 5.56 Å². The number of amides is 1. The number of nitrogens with one attached hydrogen (secondary N) is 1. The standard InChI is InChI=1S/C13H12N2O4/c16-12(11-7-14-8-19-11)15-10(13(17)18)6-9-4-2-1-3-5-9/h1-5,7-8,10H,6H2,(H,15,16)(H,17,18). The van der Waals surface area contributed by atoms with E-state index in [9.17, 15) is 9.59 Å². The van der Waals surface area contributed by atoms with Gasteiger partial charge in [-0.3, -0.25) is 4.79 Å². The van der Waals surface area contributed by atoms with Gasteiger partial charge in [0.1, 0.15) is 6.04 Å². The first-order valence-corrected chi connectivity index (χ1v) is 5.63. The van der Waals surface area contributed by atoms with Gasteiger partial charge in [0.15, 0.2) is 6.39 Å². The summed E-state index contributed by atoms with van der Waals surface area (Å²) in [5.74, 6) is -1.71. The van der Waals surface area contributed by atoms with Gasteiger partial charge in [0.2, 0.25) is 5.76 Å². The molecule has 0 aliphatic heterocycles. The second-order valence-corrected chi connectivity index (χ2v) is 3.92. The van der Waals surface area contributed by atoms with E-state index in [1.165, 1.54) is 6.20 Å². The summed E-state index contributed by atoms with van der Waals surface area (Å²) in [5.41, 5.74) is 0.827. The predicted octanol–water partition coefficient (Wildman–Crippen LogP) is 1.10. The van der Waals surface area contributed by atoms with Crippen LogP contribution in [0.3, 0.4) is 0 Å². The zero-order valence-corrected chi connectivity index (χ0v) is 9.95. The first kappa shape index (κ1) is 12.8. The van der Waals surface area contributed by atoms with Crippen LogP contribution in [0.1, 0.15) is 16.1 Å². The van der Waals surface area contributed by atoms with Gasteiger partial charge in [0.05, 0.1) is 6.20 Å². The lowest BCUT2D eigenvalue weighted by Crippen LogP contribution is -2.42. The summed E-state index contributed by atoms with van der Waals surface area (Å²) in [6, 6.07) is 8.05. The normalized spacial score (nSPS) is 11.8. The minimum atomic E-state index is -1.10. The number of carbonyl (C=O) groups excluding carboxylic acids is 1. The number of benzene rings is 1. The van der Waals surface area contributed by atoms with E-state index in [-0.39, 0.29) is 12.2 Å². The third-order valence-electron chi connectivity index (χ3n) is 2.54. The average molecular weight is 260 g/mol. The zero-order chi connectivity index (χ0) is 13.7. The van der Waals surface area contributed by atoms with Gasteiger partial charge >= 0.3 is 5.97 Å². The number of carbonyl (C=O) groups is 2. The summed E-state index contributed by atoms with van der Waals surface area (Å²) in [6.45, 7) is 0. The van der Waals surface area contributed by atoms with E-state index in [1.807, 2.05) is 18.2 Å². The Hall–Kier alpha value is -2.63. The van der Waals surface area contributed by atoms with Crippen molar-refractivity contribution in [3.05, 3.63) is 54.2 Å². The molecule has 2 aromatic rings. The number of aliphatic carboxylic acids is 1. The summed E-state index contributed by atoms with van der Waals surface area (Å²) in [4.78, 5) is 26.5. The van der Waals surface area contributed by atoms with Crippen LogP contribution < -0.4 is 5.32 Å². The van der Waals surface area contributed by atoms with Crippen LogP contribution in [-0.2, 0) is 11.2 Å². The molecule has 0 saturated carbocycles. The number of aromatic nitrogens is 1. The fraction of sp³-hybridized carbons (Fsp3) is 0.154. The maximum absolute atomic E-state index is 11.7. The Bertz CT molecular complexity index is 551. The minimum absolute atomic E-state index is 0.0145. The summed E-state index contributed by atoms with van der Waals surface area (Å²) in [7, 11) is 0. The third kappa shape index (κ3) is 3.41. The van der Waals surface area contributed by atoms with Crippen molar-refractivity contribution in [2.24, 2.45) is 0 Å². The van der Waals surface area contributed by atoms with Crippen molar-refractivity contribution in [2.75, 3.05) is 0 Å². The van der Waals surface area contributed by atoms with Crippen LogP contribution in [0.15, 0.2) is 47.3 Å². The number of carboxylic acids is 1. The Morgan fingerprint density at radius 3 is 2.63 bits per heavy atom. The molecule has 0 aliphatic rings. The molecule has 0 bridgehead atoms. The molecule has 19 heavy (non-hydrogen) atoms. The highest BCUT2D eigenvalue weighted by atomic mass is 16.4. The Morgan fingerprint density at radius 1 is 1.32 bits per heavy atom. The lowest BCUT2D eigenvalue weighted by Gasteiger charge is -2.13. The first-order valence-electron chi connectivity index (χ1n) is 5.63. The van der Waals surface area contributed by atoms with Crippen LogP contribution in [0.2, 0.25) is 0 Å². The molecule has 1 amide bonds. The molecule has 6 heteroatoms. The van der Waals surface area contributed by atoms with E-state index in [1.54, 1.807) is 12.1 Å². The smallest absolute Gasteiger partial charge is 0.326 e. The van der Waals surface area contributed by atoms with Crippen molar-refractivity contribution in [2.45, 2.75) is 12.5 Å². The highest BCUT2D eigenvalue weighted by molar-refractivity contribution is 5.94. The largest absolute Gasteiger partial charge is 0.480 e. The van der Waals surface area contributed by atoms with Gasteiger partial charge in [-0.2, -0.15) is 0 Å². The fourth-order valence-electron chi connectivity index (χ4n) is 1.61. The van der Waals surface area contributed by atoms with E-state index < -0.39 is 17.9 Å². The van der Waals surface area contributed by atoms with E-state index in [0.29, 0.717) is 0 Å². The summed E-state index contributed by atoms with van der Waals surface area (Å²) >= 11 is 0. The second-order valence-electron chi connectivity index (χ2n) is 3.92. The van der Waals surface area contributed by atoms with Gasteiger partial charge < -0.3 is 14.8 Å². The maximum Gasteiger partial charge on any atom is 0.326 e. The maximum atomic E-state index is 11.7. The predicted molar refractivity (Wildman–Crippen MR) is 65.5 cm³/mol. The van der Waals surface area contributed by atoms with Gasteiger partial charge in [0.25, 0.3) is 5.91 Å². The molecule has 0 saturated heterocycles. The molecule has 0 fully saturated rings. The van der Waals surface area contributed by atoms with E-state index in [4.69, 9.17) is 9.52 Å². The highest BCUT2D eigenvalue weighted by Gasteiger charge is 2.22. The van der Waals surface area contributed by atoms with Crippen molar-refractivity contribution < 1.29 is 19.1 Å². The number of hydrogen-bond acceptors (Lipinski definition) is 4. The van der Waals surface area contributed by atoms with E-state index >= 15 is 0 Å². The Kier molecular flexibility index (Phi) is 3.92. The fourth-order valence-corrected chi connectivity index (χ4v) is 1.61. The lowest BCUT2D eigenvalue weighted by atomic mass is 10.1. The molecular weight excluding hydrogens is 248 g/mol. The monoisotopic (exact) mass is 260 g/mol. The molecule has 1 aromatic carbocycles. The number of carboxylic acid groups (broad SMARTS) is 1. The highest BCUT2D eigenvalue weighted by Crippen LogP contribution is 2.05. The molecule has 6 nitrogen and oxygen atoms in total. The molecular formula is C13H12N2O4. The molecule has 1 atom stereocenters. The van der Waals surface area contributed by atoms with Gasteiger partial charge in [0, 0.05) is 6.42 Å². The second kappa shape index (κ2) is 5.81. The van der Waals surface area contributed by atoms with Crippen molar-refractivity contribution in [3.8, 4) is 0 Å². The van der Waals surface area contributed by atoms with Crippen molar-refractivity contribution >= 4 is 11.9 Å². The van der Waals surface area contributed by atoms with Gasteiger partial charge in [-0.1, -0.05) is 30.3 Å². The Morgan fingerprint density at radius 2 is 2.05 bits per heavy atom. The molecule has 0 radical (unpaired) electrons. The molecule has 2 N–H and O–H groups in total. The Balaban J connectivity index is 2.05. The lowest BCUT2D eigenvalue weighted by molar-refractivity contribution is -0.139.